The Bertz CT molecular complexity index is 726. The van der Waals surface area contributed by atoms with Crippen LogP contribution in [0.25, 0.3) is 0 Å². The summed E-state index contributed by atoms with van der Waals surface area (Å²) in [6.07, 6.45) is 0.989. The maximum absolute atomic E-state index is 14.7. The number of para-hydroxylation sites is 1. The van der Waals surface area contributed by atoms with Gasteiger partial charge in [0, 0.05) is 5.56 Å². The SMILES string of the molecule is O=c1[nH]c(=O)n(C2(F)C=Nc3ccccc32)[nH]1. The van der Waals surface area contributed by atoms with Crippen LogP contribution in [-0.4, -0.2) is 21.0 Å². The number of halogens is 1. The highest BCUT2D eigenvalue weighted by Gasteiger charge is 2.40. The Kier molecular flexibility index (Phi) is 1.74. The minimum absolute atomic E-state index is 0.220. The fourth-order valence-corrected chi connectivity index (χ4v) is 1.85. The molecule has 1 unspecified atom stereocenters. The number of rotatable bonds is 1. The largest absolute Gasteiger partial charge is 0.347 e. The lowest BCUT2D eigenvalue weighted by Gasteiger charge is -2.17. The van der Waals surface area contributed by atoms with Gasteiger partial charge in [0.2, 0.25) is 0 Å². The summed E-state index contributed by atoms with van der Waals surface area (Å²) >= 11 is 0. The lowest BCUT2D eigenvalue weighted by Crippen LogP contribution is -2.38. The molecule has 1 atom stereocenters. The minimum atomic E-state index is -2.24. The Balaban J connectivity index is 2.29. The highest BCUT2D eigenvalue weighted by molar-refractivity contribution is 5.83. The van der Waals surface area contributed by atoms with E-state index in [2.05, 4.69) is 10.1 Å². The zero-order valence-corrected chi connectivity index (χ0v) is 8.48. The van der Waals surface area contributed by atoms with Gasteiger partial charge in [-0.1, -0.05) is 18.2 Å². The van der Waals surface area contributed by atoms with E-state index >= 15 is 0 Å². The summed E-state index contributed by atoms with van der Waals surface area (Å²) in [4.78, 5) is 28.2. The van der Waals surface area contributed by atoms with Gasteiger partial charge in [0.1, 0.15) is 0 Å². The number of aromatic nitrogens is 3. The van der Waals surface area contributed by atoms with Crippen LogP contribution in [0.3, 0.4) is 0 Å². The first kappa shape index (κ1) is 9.76. The standard InChI is InChI=1S/C10H7FN4O2/c11-10(15-9(17)13-8(16)14-15)5-12-7-4-2-1-3-6(7)10/h1-5H,(H2,13,14,16,17). The van der Waals surface area contributed by atoms with Gasteiger partial charge in [0.05, 0.1) is 11.9 Å². The summed E-state index contributed by atoms with van der Waals surface area (Å²) in [5, 5.41) is 2.09. The van der Waals surface area contributed by atoms with Gasteiger partial charge in [-0.3, -0.25) is 9.98 Å². The quantitative estimate of drug-likeness (QED) is 0.741. The van der Waals surface area contributed by atoms with E-state index in [4.69, 9.17) is 0 Å². The van der Waals surface area contributed by atoms with E-state index in [1.807, 2.05) is 4.98 Å². The molecule has 6 nitrogen and oxygen atoms in total. The summed E-state index contributed by atoms with van der Waals surface area (Å²) in [5.41, 5.74) is -0.952. The maximum Gasteiger partial charge on any atom is 0.347 e. The van der Waals surface area contributed by atoms with Crippen LogP contribution in [-0.2, 0) is 5.79 Å². The van der Waals surface area contributed by atoms with Crippen LogP contribution in [0, 0.1) is 0 Å². The number of nitrogens with zero attached hydrogens (tertiary/aromatic N) is 2. The monoisotopic (exact) mass is 234 g/mol. The van der Waals surface area contributed by atoms with Gasteiger partial charge in [-0.2, -0.15) is 4.68 Å². The Morgan fingerprint density at radius 2 is 2.06 bits per heavy atom. The van der Waals surface area contributed by atoms with Crippen molar-refractivity contribution in [1.82, 2.24) is 14.8 Å². The molecule has 0 bridgehead atoms. The highest BCUT2D eigenvalue weighted by atomic mass is 19.1. The molecular formula is C10H7FN4O2. The number of hydrogen-bond acceptors (Lipinski definition) is 3. The van der Waals surface area contributed by atoms with E-state index in [1.54, 1.807) is 18.2 Å². The first-order valence-electron chi connectivity index (χ1n) is 4.87. The van der Waals surface area contributed by atoms with Crippen molar-refractivity contribution in [1.29, 1.82) is 0 Å². The molecule has 0 aliphatic carbocycles. The topological polar surface area (TPSA) is 83.0 Å². The van der Waals surface area contributed by atoms with Crippen LogP contribution in [0.2, 0.25) is 0 Å². The van der Waals surface area contributed by atoms with Crippen molar-refractivity contribution in [3.05, 3.63) is 50.8 Å². The second kappa shape index (κ2) is 3.03. The van der Waals surface area contributed by atoms with Gasteiger partial charge < -0.3 is 0 Å². The highest BCUT2D eigenvalue weighted by Crippen LogP contribution is 2.37. The lowest BCUT2D eigenvalue weighted by atomic mass is 10.1. The Hall–Kier alpha value is -2.44. The van der Waals surface area contributed by atoms with Crippen LogP contribution in [0.5, 0.6) is 0 Å². The van der Waals surface area contributed by atoms with Crippen molar-refractivity contribution in [3.63, 3.8) is 0 Å². The number of H-pyrrole nitrogens is 2. The maximum atomic E-state index is 14.7. The van der Waals surface area contributed by atoms with Crippen LogP contribution >= 0.6 is 0 Å². The molecule has 1 aliphatic heterocycles. The summed E-state index contributed by atoms with van der Waals surface area (Å²) in [6.45, 7) is 0. The molecule has 86 valence electrons. The fraction of sp³-hybridized carbons (Fsp3) is 0.100. The summed E-state index contributed by atoms with van der Waals surface area (Å²) in [6, 6.07) is 6.49. The number of fused-ring (bicyclic) bond motifs is 1. The fourth-order valence-electron chi connectivity index (χ4n) is 1.85. The Labute approximate surface area is 93.4 Å². The summed E-state index contributed by atoms with van der Waals surface area (Å²) in [7, 11) is 0. The molecule has 0 radical (unpaired) electrons. The number of aromatic amines is 2. The zero-order valence-electron chi connectivity index (χ0n) is 8.48. The predicted molar refractivity (Wildman–Crippen MR) is 58.5 cm³/mol. The van der Waals surface area contributed by atoms with Gasteiger partial charge in [0.15, 0.2) is 0 Å². The third kappa shape index (κ3) is 1.22. The average Bonchev–Trinajstić information content (AvgIpc) is 2.82. The molecule has 0 spiro atoms. The molecule has 0 saturated heterocycles. The van der Waals surface area contributed by atoms with Crippen LogP contribution in [0.15, 0.2) is 38.8 Å². The second-order valence-electron chi connectivity index (χ2n) is 3.66. The molecule has 1 aromatic carbocycles. The molecule has 2 heterocycles. The van der Waals surface area contributed by atoms with E-state index in [9.17, 15) is 14.0 Å². The van der Waals surface area contributed by atoms with Crippen molar-refractivity contribution >= 4 is 11.9 Å². The molecule has 1 aliphatic rings. The van der Waals surface area contributed by atoms with E-state index < -0.39 is 17.2 Å². The van der Waals surface area contributed by atoms with E-state index in [-0.39, 0.29) is 5.56 Å². The number of alkyl halides is 1. The molecular weight excluding hydrogens is 227 g/mol. The lowest BCUT2D eigenvalue weighted by molar-refractivity contribution is 0.198. The first-order valence-corrected chi connectivity index (χ1v) is 4.87. The molecule has 0 fully saturated rings. The second-order valence-corrected chi connectivity index (χ2v) is 3.66. The molecule has 17 heavy (non-hydrogen) atoms. The van der Waals surface area contributed by atoms with E-state index in [0.717, 1.165) is 6.21 Å². The van der Waals surface area contributed by atoms with Crippen LogP contribution < -0.4 is 11.4 Å². The number of hydrogen-bond donors (Lipinski definition) is 2. The van der Waals surface area contributed by atoms with Crippen molar-refractivity contribution in [2.75, 3.05) is 0 Å². The van der Waals surface area contributed by atoms with Crippen molar-refractivity contribution < 1.29 is 4.39 Å². The van der Waals surface area contributed by atoms with E-state index in [1.165, 1.54) is 6.07 Å². The van der Waals surface area contributed by atoms with Gasteiger partial charge in [-0.05, 0) is 6.07 Å². The van der Waals surface area contributed by atoms with Crippen molar-refractivity contribution in [2.45, 2.75) is 5.79 Å². The van der Waals surface area contributed by atoms with Crippen molar-refractivity contribution in [2.24, 2.45) is 4.99 Å². The molecule has 2 N–H and O–H groups in total. The zero-order chi connectivity index (χ0) is 12.0. The van der Waals surface area contributed by atoms with Gasteiger partial charge >= 0.3 is 11.4 Å². The molecule has 2 aromatic rings. The number of aliphatic imine (C=N–C) groups is 1. The van der Waals surface area contributed by atoms with Crippen LogP contribution in [0.4, 0.5) is 10.1 Å². The summed E-state index contributed by atoms with van der Waals surface area (Å²) in [5.74, 6) is -2.24. The van der Waals surface area contributed by atoms with Gasteiger partial charge in [-0.15, -0.1) is 0 Å². The molecule has 3 rings (SSSR count). The number of benzene rings is 1. The smallest absolute Gasteiger partial charge is 0.257 e. The van der Waals surface area contributed by atoms with Crippen LogP contribution in [0.1, 0.15) is 5.56 Å². The third-order valence-electron chi connectivity index (χ3n) is 2.62. The van der Waals surface area contributed by atoms with Gasteiger partial charge in [-0.25, -0.2) is 19.1 Å². The first-order chi connectivity index (χ1) is 8.11. The normalized spacial score (nSPS) is 21.7. The summed E-state index contributed by atoms with van der Waals surface area (Å²) < 4.78 is 15.3. The predicted octanol–water partition coefficient (Wildman–Crippen LogP) is 0.251. The van der Waals surface area contributed by atoms with E-state index in [0.29, 0.717) is 10.4 Å². The Morgan fingerprint density at radius 1 is 1.29 bits per heavy atom. The third-order valence-corrected chi connectivity index (χ3v) is 2.62. The minimum Gasteiger partial charge on any atom is -0.257 e. The van der Waals surface area contributed by atoms with Gasteiger partial charge in [0.25, 0.3) is 5.79 Å². The Morgan fingerprint density at radius 3 is 2.76 bits per heavy atom. The molecule has 7 heteroatoms. The molecule has 0 saturated carbocycles. The number of nitrogens with one attached hydrogen (secondary N) is 2. The average molecular weight is 234 g/mol. The van der Waals surface area contributed by atoms with Crippen molar-refractivity contribution in [3.8, 4) is 0 Å². The molecule has 0 amide bonds. The molecule has 1 aromatic heterocycles.